The SMILES string of the molecule is CCC(CC)CCCCCOP[O-].[Na+]. The van der Waals surface area contributed by atoms with Crippen molar-refractivity contribution in [1.29, 1.82) is 0 Å². The van der Waals surface area contributed by atoms with Crippen LogP contribution in [0.4, 0.5) is 0 Å². The Kier molecular flexibility index (Phi) is 18.2. The van der Waals surface area contributed by atoms with Gasteiger partial charge in [-0.15, -0.1) is 0 Å². The molecular weight excluding hydrogens is 206 g/mol. The molecule has 0 aromatic carbocycles. The summed E-state index contributed by atoms with van der Waals surface area (Å²) in [6, 6.07) is 0. The van der Waals surface area contributed by atoms with E-state index in [2.05, 4.69) is 13.8 Å². The minimum Gasteiger partial charge on any atom is -0.810 e. The van der Waals surface area contributed by atoms with Gasteiger partial charge < -0.3 is 9.42 Å². The van der Waals surface area contributed by atoms with Gasteiger partial charge in [0, 0.05) is 6.61 Å². The molecule has 0 radical (unpaired) electrons. The Bertz CT molecular complexity index is 100. The molecule has 0 aliphatic heterocycles. The Labute approximate surface area is 112 Å². The smallest absolute Gasteiger partial charge is 0.810 e. The number of hydrogen-bond acceptors (Lipinski definition) is 2. The fourth-order valence-corrected chi connectivity index (χ4v) is 1.75. The molecule has 0 fully saturated rings. The van der Waals surface area contributed by atoms with Gasteiger partial charge in [0.2, 0.25) is 0 Å². The summed E-state index contributed by atoms with van der Waals surface area (Å²) >= 11 is 0. The molecule has 0 aliphatic rings. The summed E-state index contributed by atoms with van der Waals surface area (Å²) in [4.78, 5) is 9.97. The van der Waals surface area contributed by atoms with E-state index in [1.54, 1.807) is 0 Å². The first-order chi connectivity index (χ1) is 6.35. The van der Waals surface area contributed by atoms with Crippen molar-refractivity contribution in [3.05, 3.63) is 0 Å². The molecule has 0 aromatic heterocycles. The Morgan fingerprint density at radius 1 is 1.14 bits per heavy atom. The van der Waals surface area contributed by atoms with Gasteiger partial charge in [-0.3, -0.25) is 0 Å². The first-order valence-corrected chi connectivity index (χ1v) is 6.15. The van der Waals surface area contributed by atoms with Crippen LogP contribution in [0.5, 0.6) is 0 Å². The van der Waals surface area contributed by atoms with Crippen molar-refractivity contribution in [3.63, 3.8) is 0 Å². The summed E-state index contributed by atoms with van der Waals surface area (Å²) in [5.74, 6) is 0.905. The van der Waals surface area contributed by atoms with Gasteiger partial charge in [-0.25, -0.2) is 0 Å². The predicted molar refractivity (Wildman–Crippen MR) is 56.8 cm³/mol. The van der Waals surface area contributed by atoms with Crippen LogP contribution in [0.1, 0.15) is 52.4 Å². The maximum Gasteiger partial charge on any atom is 1.00 e. The maximum atomic E-state index is 9.97. The zero-order valence-electron chi connectivity index (χ0n) is 9.84. The van der Waals surface area contributed by atoms with Gasteiger partial charge in [0.1, 0.15) is 0 Å². The monoisotopic (exact) mass is 228 g/mol. The van der Waals surface area contributed by atoms with Gasteiger partial charge in [-0.05, 0) is 12.3 Å². The normalized spacial score (nSPS) is 11.1. The number of hydrogen-bond donors (Lipinski definition) is 0. The third-order valence-corrected chi connectivity index (χ3v) is 2.89. The van der Waals surface area contributed by atoms with E-state index in [9.17, 15) is 4.89 Å². The fraction of sp³-hybridized carbons (Fsp3) is 1.00. The zero-order chi connectivity index (χ0) is 9.94. The molecule has 0 rings (SSSR count). The van der Waals surface area contributed by atoms with Gasteiger partial charge in [0.05, 0.1) is 0 Å². The topological polar surface area (TPSA) is 32.3 Å². The summed E-state index contributed by atoms with van der Waals surface area (Å²) in [6.45, 7) is 5.18. The first-order valence-electron chi connectivity index (χ1n) is 5.34. The van der Waals surface area contributed by atoms with Gasteiger partial charge >= 0.3 is 29.6 Å². The van der Waals surface area contributed by atoms with Crippen molar-refractivity contribution in [2.45, 2.75) is 52.4 Å². The molecule has 0 N–H and O–H groups in total. The zero-order valence-corrected chi connectivity index (χ0v) is 12.8. The molecule has 0 bridgehead atoms. The average Bonchev–Trinajstić information content (AvgIpc) is 2.17. The molecule has 14 heavy (non-hydrogen) atoms. The molecule has 2 nitrogen and oxygen atoms in total. The molecule has 1 atom stereocenters. The minimum absolute atomic E-state index is 0. The van der Waals surface area contributed by atoms with Gasteiger partial charge in [-0.2, -0.15) is 0 Å². The molecule has 0 aromatic rings. The van der Waals surface area contributed by atoms with E-state index in [0.29, 0.717) is 6.61 Å². The molecule has 0 saturated heterocycles. The second kappa shape index (κ2) is 14.3. The second-order valence-corrected chi connectivity index (χ2v) is 3.92. The van der Waals surface area contributed by atoms with E-state index in [1.165, 1.54) is 32.1 Å². The van der Waals surface area contributed by atoms with Crippen LogP contribution in [0.15, 0.2) is 0 Å². The quantitative estimate of drug-likeness (QED) is 0.313. The summed E-state index contributed by atoms with van der Waals surface area (Å²) in [7, 11) is -0.585. The Morgan fingerprint density at radius 2 is 1.79 bits per heavy atom. The van der Waals surface area contributed by atoms with E-state index in [4.69, 9.17) is 4.52 Å². The van der Waals surface area contributed by atoms with Gasteiger partial charge in [0.15, 0.2) is 0 Å². The third-order valence-electron chi connectivity index (χ3n) is 2.57. The first kappa shape index (κ1) is 17.7. The standard InChI is InChI=1S/C10H22O2P.Na/c1-3-10(4-2)8-6-5-7-9-12-13-11;/h10,13H,3-9H2,1-2H3;/q-1;+1. The van der Waals surface area contributed by atoms with Crippen LogP contribution in [0.3, 0.4) is 0 Å². The van der Waals surface area contributed by atoms with Gasteiger partial charge in [-0.1, -0.05) is 55.0 Å². The minimum atomic E-state index is -0.585. The van der Waals surface area contributed by atoms with Crippen LogP contribution < -0.4 is 34.5 Å². The van der Waals surface area contributed by atoms with Crippen LogP contribution >= 0.6 is 9.03 Å². The van der Waals surface area contributed by atoms with Crippen LogP contribution in [-0.2, 0) is 4.52 Å². The van der Waals surface area contributed by atoms with Crippen molar-refractivity contribution >= 4 is 9.03 Å². The van der Waals surface area contributed by atoms with Crippen molar-refractivity contribution < 1.29 is 39.0 Å². The molecule has 0 spiro atoms. The van der Waals surface area contributed by atoms with Crippen molar-refractivity contribution in [2.75, 3.05) is 6.61 Å². The van der Waals surface area contributed by atoms with Crippen LogP contribution in [-0.4, -0.2) is 6.61 Å². The van der Waals surface area contributed by atoms with Crippen molar-refractivity contribution in [2.24, 2.45) is 5.92 Å². The Hall–Kier alpha value is 1.35. The molecule has 0 heterocycles. The Balaban J connectivity index is 0. The molecule has 0 amide bonds. The molecule has 4 heteroatoms. The summed E-state index contributed by atoms with van der Waals surface area (Å²) in [6.07, 6.45) is 7.49. The number of unbranched alkanes of at least 4 members (excludes halogenated alkanes) is 2. The molecule has 80 valence electrons. The van der Waals surface area contributed by atoms with E-state index in [-0.39, 0.29) is 29.6 Å². The molecule has 0 saturated carbocycles. The molecular formula is C10H22NaO2P. The second-order valence-electron chi connectivity index (χ2n) is 3.46. The van der Waals surface area contributed by atoms with E-state index < -0.39 is 9.03 Å². The maximum absolute atomic E-state index is 9.97. The largest absolute Gasteiger partial charge is 1.00 e. The summed E-state index contributed by atoms with van der Waals surface area (Å²) in [5, 5.41) is 0. The van der Waals surface area contributed by atoms with E-state index >= 15 is 0 Å². The molecule has 0 aliphatic carbocycles. The van der Waals surface area contributed by atoms with Crippen LogP contribution in [0.25, 0.3) is 0 Å². The van der Waals surface area contributed by atoms with Crippen molar-refractivity contribution in [3.8, 4) is 0 Å². The fourth-order valence-electron chi connectivity index (χ4n) is 1.52. The summed E-state index contributed by atoms with van der Waals surface area (Å²) in [5.41, 5.74) is 0. The van der Waals surface area contributed by atoms with E-state index in [0.717, 1.165) is 12.3 Å². The predicted octanol–water partition coefficient (Wildman–Crippen LogP) is -0.128. The molecule has 1 unspecified atom stereocenters. The Morgan fingerprint density at radius 3 is 2.29 bits per heavy atom. The van der Waals surface area contributed by atoms with Gasteiger partial charge in [0.25, 0.3) is 0 Å². The number of rotatable bonds is 9. The van der Waals surface area contributed by atoms with Crippen LogP contribution in [0.2, 0.25) is 0 Å². The van der Waals surface area contributed by atoms with E-state index in [1.807, 2.05) is 0 Å². The third kappa shape index (κ3) is 11.4. The van der Waals surface area contributed by atoms with Crippen LogP contribution in [0, 0.1) is 5.92 Å². The summed E-state index contributed by atoms with van der Waals surface area (Å²) < 4.78 is 4.77. The average molecular weight is 228 g/mol. The van der Waals surface area contributed by atoms with Crippen molar-refractivity contribution in [1.82, 2.24) is 0 Å².